The molecule has 0 bridgehead atoms. The molecule has 3 aliphatic heterocycles. The van der Waals surface area contributed by atoms with Gasteiger partial charge in [0.15, 0.2) is 5.78 Å². The Morgan fingerprint density at radius 1 is 0.787 bits per heavy atom. The van der Waals surface area contributed by atoms with Gasteiger partial charge in [0.05, 0.1) is 11.5 Å². The Morgan fingerprint density at radius 3 is 2.02 bits per heavy atom. The Kier molecular flexibility index (Phi) is 7.92. The van der Waals surface area contributed by atoms with Crippen LogP contribution in [0, 0.1) is 5.92 Å². The lowest BCUT2D eigenvalue weighted by Gasteiger charge is -2.42. The molecule has 0 N–H and O–H groups in total. The van der Waals surface area contributed by atoms with E-state index in [4.69, 9.17) is 26.2 Å². The molecule has 9 heteroatoms. The summed E-state index contributed by atoms with van der Waals surface area (Å²) in [4.78, 5) is 32.6. The molecule has 0 saturated carbocycles. The van der Waals surface area contributed by atoms with Crippen LogP contribution < -0.4 is 19.3 Å². The maximum Gasteiger partial charge on any atom is 0.275 e. The van der Waals surface area contributed by atoms with Gasteiger partial charge in [-0.1, -0.05) is 41.9 Å². The van der Waals surface area contributed by atoms with E-state index >= 15 is 0 Å². The summed E-state index contributed by atoms with van der Waals surface area (Å²) in [6.45, 7) is 12.0. The highest BCUT2D eigenvalue weighted by Gasteiger charge is 2.57. The van der Waals surface area contributed by atoms with E-state index in [0.717, 1.165) is 54.2 Å². The molecular formula is C38H37ClN4O4. The van der Waals surface area contributed by atoms with Gasteiger partial charge in [-0.25, -0.2) is 5.01 Å². The van der Waals surface area contributed by atoms with Gasteiger partial charge in [0.25, 0.3) is 5.91 Å². The standard InChI is InChI=1S/C38H37ClN4O4/c1-5-41(6-2)26-14-16-31-34(20-26)47-35-21-27(42(7-3)8-4)15-17-32(35)38(31)30-12-10-9-11-28(30)37(45)43(38)40-22-24-23-46-33-18-13-25(39)19-29(33)36(24)44/h9-22,24H,5-8,23H2,1-4H3/b40-22+. The number of hydrazone groups is 1. The number of ether oxygens (including phenoxy) is 2. The first-order chi connectivity index (χ1) is 22.8. The second-order valence-corrected chi connectivity index (χ2v) is 12.3. The molecule has 0 saturated heterocycles. The number of Topliss-reactive ketones (excluding diaryl/α,β-unsaturated/α-hetero) is 1. The van der Waals surface area contributed by atoms with E-state index in [1.165, 1.54) is 5.01 Å². The van der Waals surface area contributed by atoms with Crippen molar-refractivity contribution in [2.24, 2.45) is 11.0 Å². The number of amides is 1. The monoisotopic (exact) mass is 648 g/mol. The van der Waals surface area contributed by atoms with Gasteiger partial charge in [0.2, 0.25) is 0 Å². The second-order valence-electron chi connectivity index (χ2n) is 11.9. The second kappa shape index (κ2) is 12.1. The third-order valence-corrected chi connectivity index (χ3v) is 9.80. The highest BCUT2D eigenvalue weighted by atomic mass is 35.5. The summed E-state index contributed by atoms with van der Waals surface area (Å²) in [5.41, 5.74) is 4.28. The predicted octanol–water partition coefficient (Wildman–Crippen LogP) is 7.76. The maximum absolute atomic E-state index is 14.4. The van der Waals surface area contributed by atoms with Crippen molar-refractivity contribution in [2.45, 2.75) is 33.2 Å². The lowest BCUT2D eigenvalue weighted by atomic mass is 9.75. The summed E-state index contributed by atoms with van der Waals surface area (Å²) in [7, 11) is 0. The normalized spacial score (nSPS) is 17.1. The van der Waals surface area contributed by atoms with Crippen LogP contribution in [-0.4, -0.2) is 55.7 Å². The highest BCUT2D eigenvalue weighted by molar-refractivity contribution is 6.31. The molecule has 47 heavy (non-hydrogen) atoms. The van der Waals surface area contributed by atoms with E-state index in [-0.39, 0.29) is 18.3 Å². The van der Waals surface area contributed by atoms with E-state index in [2.05, 4.69) is 73.9 Å². The number of hydrogen-bond donors (Lipinski definition) is 0. The van der Waals surface area contributed by atoms with Crippen molar-refractivity contribution < 1.29 is 19.1 Å². The fraction of sp³-hybridized carbons (Fsp3) is 0.289. The molecule has 1 unspecified atom stereocenters. The summed E-state index contributed by atoms with van der Waals surface area (Å²) in [6, 6.07) is 25.0. The van der Waals surface area contributed by atoms with Crippen LogP contribution in [0.4, 0.5) is 11.4 Å². The van der Waals surface area contributed by atoms with Crippen molar-refractivity contribution in [3.63, 3.8) is 0 Å². The number of hydrogen-bond acceptors (Lipinski definition) is 7. The van der Waals surface area contributed by atoms with Crippen molar-refractivity contribution in [1.29, 1.82) is 0 Å². The fourth-order valence-corrected chi connectivity index (χ4v) is 7.35. The zero-order valence-corrected chi connectivity index (χ0v) is 27.8. The number of benzene rings is 4. The first-order valence-corrected chi connectivity index (χ1v) is 16.6. The maximum atomic E-state index is 14.4. The van der Waals surface area contributed by atoms with Crippen molar-refractivity contribution in [2.75, 3.05) is 42.6 Å². The van der Waals surface area contributed by atoms with Crippen LogP contribution in [0.15, 0.2) is 84.0 Å². The highest BCUT2D eigenvalue weighted by Crippen LogP contribution is 2.58. The summed E-state index contributed by atoms with van der Waals surface area (Å²) in [6.07, 6.45) is 1.54. The van der Waals surface area contributed by atoms with Gasteiger partial charge in [-0.3, -0.25) is 9.59 Å². The molecule has 1 amide bonds. The molecule has 7 rings (SSSR count). The fourth-order valence-electron chi connectivity index (χ4n) is 7.18. The summed E-state index contributed by atoms with van der Waals surface area (Å²) >= 11 is 6.22. The van der Waals surface area contributed by atoms with Crippen molar-refractivity contribution in [3.05, 3.63) is 112 Å². The van der Waals surface area contributed by atoms with Gasteiger partial charge in [-0.05, 0) is 64.1 Å². The average Bonchev–Trinajstić information content (AvgIpc) is 3.33. The van der Waals surface area contributed by atoms with Crippen LogP contribution in [0.2, 0.25) is 5.02 Å². The van der Waals surface area contributed by atoms with Gasteiger partial charge < -0.3 is 19.3 Å². The van der Waals surface area contributed by atoms with E-state index in [1.54, 1.807) is 24.4 Å². The van der Waals surface area contributed by atoms with Crippen molar-refractivity contribution in [3.8, 4) is 17.2 Å². The molecule has 1 atom stereocenters. The van der Waals surface area contributed by atoms with Gasteiger partial charge in [-0.2, -0.15) is 5.10 Å². The van der Waals surface area contributed by atoms with Crippen LogP contribution in [0.25, 0.3) is 0 Å². The zero-order valence-electron chi connectivity index (χ0n) is 27.0. The number of ketones is 1. The number of anilines is 2. The van der Waals surface area contributed by atoms with Crippen LogP contribution in [-0.2, 0) is 5.54 Å². The number of carbonyl (C=O) groups excluding carboxylic acids is 2. The van der Waals surface area contributed by atoms with Crippen LogP contribution in [0.1, 0.15) is 65.1 Å². The molecule has 240 valence electrons. The molecule has 0 aromatic heterocycles. The Labute approximate surface area is 280 Å². The number of halogens is 1. The third kappa shape index (κ3) is 4.76. The number of rotatable bonds is 8. The first kappa shape index (κ1) is 30.8. The zero-order chi connectivity index (χ0) is 32.9. The minimum Gasteiger partial charge on any atom is -0.492 e. The molecule has 0 radical (unpaired) electrons. The van der Waals surface area contributed by atoms with Crippen LogP contribution in [0.5, 0.6) is 17.2 Å². The summed E-state index contributed by atoms with van der Waals surface area (Å²) in [5, 5.41) is 6.88. The third-order valence-electron chi connectivity index (χ3n) is 9.57. The van der Waals surface area contributed by atoms with Crippen LogP contribution >= 0.6 is 11.6 Å². The molecule has 8 nitrogen and oxygen atoms in total. The van der Waals surface area contributed by atoms with Crippen molar-refractivity contribution >= 4 is 40.9 Å². The van der Waals surface area contributed by atoms with E-state index in [0.29, 0.717) is 33.4 Å². The lowest BCUT2D eigenvalue weighted by Crippen LogP contribution is -2.45. The Balaban J connectivity index is 1.43. The number of carbonyl (C=O) groups is 2. The summed E-state index contributed by atoms with van der Waals surface area (Å²) in [5.74, 6) is 0.682. The topological polar surface area (TPSA) is 74.7 Å². The van der Waals surface area contributed by atoms with E-state index < -0.39 is 11.5 Å². The minimum absolute atomic E-state index is 0.107. The molecule has 4 aromatic carbocycles. The quantitative estimate of drug-likeness (QED) is 0.182. The van der Waals surface area contributed by atoms with Gasteiger partial charge in [0, 0.05) is 83.2 Å². The molecular weight excluding hydrogens is 612 g/mol. The van der Waals surface area contributed by atoms with E-state index in [1.807, 2.05) is 24.3 Å². The molecule has 3 aliphatic rings. The average molecular weight is 649 g/mol. The molecule has 0 fully saturated rings. The minimum atomic E-state index is -1.14. The smallest absolute Gasteiger partial charge is 0.275 e. The van der Waals surface area contributed by atoms with E-state index in [9.17, 15) is 9.59 Å². The predicted molar refractivity (Wildman–Crippen MR) is 186 cm³/mol. The largest absolute Gasteiger partial charge is 0.492 e. The Bertz CT molecular complexity index is 1850. The van der Waals surface area contributed by atoms with Gasteiger partial charge >= 0.3 is 0 Å². The van der Waals surface area contributed by atoms with Crippen LogP contribution in [0.3, 0.4) is 0 Å². The lowest BCUT2D eigenvalue weighted by molar-refractivity contribution is 0.0669. The van der Waals surface area contributed by atoms with Gasteiger partial charge in [0.1, 0.15) is 29.4 Å². The SMILES string of the molecule is CCN(CC)c1ccc2c(c1)Oc1cc(N(CC)CC)ccc1C21c2ccccc2C(=O)N1/N=C/C1COc2ccc(Cl)cc2C1=O. The number of nitrogens with zero attached hydrogens (tertiary/aromatic N) is 4. The van der Waals surface area contributed by atoms with Crippen molar-refractivity contribution in [1.82, 2.24) is 5.01 Å². The Hall–Kier alpha value is -4.82. The Morgan fingerprint density at radius 2 is 1.40 bits per heavy atom. The molecule has 4 aromatic rings. The first-order valence-electron chi connectivity index (χ1n) is 16.3. The molecule has 1 spiro atoms. The molecule has 3 heterocycles. The molecule has 0 aliphatic carbocycles. The number of fused-ring (bicyclic) bond motifs is 7. The summed E-state index contributed by atoms with van der Waals surface area (Å²) < 4.78 is 12.7. The van der Waals surface area contributed by atoms with Gasteiger partial charge in [-0.15, -0.1) is 0 Å².